The molecule has 21 heavy (non-hydrogen) atoms. The molecule has 5 nitrogen and oxygen atoms in total. The molecule has 1 rings (SSSR count). The Morgan fingerprint density at radius 3 is 2.05 bits per heavy atom. The van der Waals surface area contributed by atoms with Crippen LogP contribution in [0.4, 0.5) is 10.1 Å². The van der Waals surface area contributed by atoms with Crippen LogP contribution in [0.3, 0.4) is 0 Å². The number of carbonyl (C=O) groups is 1. The minimum absolute atomic E-state index is 0.270. The number of nitrogens with zero attached hydrogens (tertiary/aromatic N) is 2. The van der Waals surface area contributed by atoms with E-state index in [9.17, 15) is 17.6 Å². The zero-order valence-electron chi connectivity index (χ0n) is 12.7. The molecule has 0 aliphatic rings. The fourth-order valence-corrected chi connectivity index (χ4v) is 3.36. The Balaban J connectivity index is 3.21. The molecular formula is C14H21FN2O3S. The SMILES string of the molecule is CCN(CC)C(=O)[C@@H](C)N(c1ccc(F)cc1)S(C)(=O)=O. The van der Waals surface area contributed by atoms with Crippen LogP contribution in [0.25, 0.3) is 0 Å². The number of rotatable bonds is 6. The largest absolute Gasteiger partial charge is 0.341 e. The number of sulfonamides is 1. The number of amides is 1. The Labute approximate surface area is 125 Å². The van der Waals surface area contributed by atoms with E-state index in [0.29, 0.717) is 13.1 Å². The second-order valence-electron chi connectivity index (χ2n) is 4.72. The van der Waals surface area contributed by atoms with Crippen LogP contribution in [0.5, 0.6) is 0 Å². The molecular weight excluding hydrogens is 295 g/mol. The molecule has 0 N–H and O–H groups in total. The highest BCUT2D eigenvalue weighted by Crippen LogP contribution is 2.22. The lowest BCUT2D eigenvalue weighted by Gasteiger charge is -2.31. The van der Waals surface area contributed by atoms with E-state index in [4.69, 9.17) is 0 Å². The van der Waals surface area contributed by atoms with E-state index in [1.54, 1.807) is 4.90 Å². The van der Waals surface area contributed by atoms with Gasteiger partial charge in [-0.3, -0.25) is 9.10 Å². The smallest absolute Gasteiger partial charge is 0.246 e. The molecule has 1 aromatic carbocycles. The molecule has 1 aromatic rings. The van der Waals surface area contributed by atoms with Crippen LogP contribution in [0.2, 0.25) is 0 Å². The lowest BCUT2D eigenvalue weighted by atomic mass is 10.2. The van der Waals surface area contributed by atoms with Gasteiger partial charge in [-0.2, -0.15) is 0 Å². The minimum atomic E-state index is -3.66. The Kier molecular flexibility index (Phi) is 5.71. The molecule has 0 aliphatic heterocycles. The Morgan fingerprint density at radius 2 is 1.67 bits per heavy atom. The zero-order valence-corrected chi connectivity index (χ0v) is 13.5. The topological polar surface area (TPSA) is 57.7 Å². The normalized spacial score (nSPS) is 12.8. The summed E-state index contributed by atoms with van der Waals surface area (Å²) in [6.45, 7) is 6.19. The standard InChI is InChI=1S/C14H21FN2O3S/c1-5-16(6-2)14(18)11(3)17(21(4,19)20)13-9-7-12(15)8-10-13/h7-11H,5-6H2,1-4H3/t11-/m1/s1. The van der Waals surface area contributed by atoms with Gasteiger partial charge in [0.25, 0.3) is 0 Å². The van der Waals surface area contributed by atoms with Crippen molar-refractivity contribution in [2.75, 3.05) is 23.7 Å². The number of anilines is 1. The van der Waals surface area contributed by atoms with Gasteiger partial charge in [-0.1, -0.05) is 0 Å². The van der Waals surface area contributed by atoms with Crippen LogP contribution in [-0.2, 0) is 14.8 Å². The summed E-state index contributed by atoms with van der Waals surface area (Å²) in [4.78, 5) is 13.9. The summed E-state index contributed by atoms with van der Waals surface area (Å²) in [6.07, 6.45) is 1.03. The van der Waals surface area contributed by atoms with Crippen LogP contribution in [0.1, 0.15) is 20.8 Å². The summed E-state index contributed by atoms with van der Waals surface area (Å²) in [6, 6.07) is 4.15. The van der Waals surface area contributed by atoms with Crippen molar-refractivity contribution in [1.29, 1.82) is 0 Å². The third-order valence-electron chi connectivity index (χ3n) is 3.22. The second-order valence-corrected chi connectivity index (χ2v) is 6.58. The van der Waals surface area contributed by atoms with E-state index in [1.165, 1.54) is 31.2 Å². The molecule has 0 aromatic heterocycles. The number of benzene rings is 1. The Hall–Kier alpha value is -1.63. The number of likely N-dealkylation sites (N-methyl/N-ethyl adjacent to an activating group) is 1. The number of hydrogen-bond acceptors (Lipinski definition) is 3. The molecule has 7 heteroatoms. The lowest BCUT2D eigenvalue weighted by molar-refractivity contribution is -0.131. The fraction of sp³-hybridized carbons (Fsp3) is 0.500. The quantitative estimate of drug-likeness (QED) is 0.805. The predicted molar refractivity (Wildman–Crippen MR) is 81.1 cm³/mol. The first-order valence-corrected chi connectivity index (χ1v) is 8.61. The first-order chi connectivity index (χ1) is 9.72. The second kappa shape index (κ2) is 6.89. The first-order valence-electron chi connectivity index (χ1n) is 6.76. The summed E-state index contributed by atoms with van der Waals surface area (Å²) in [5.74, 6) is -0.746. The summed E-state index contributed by atoms with van der Waals surface area (Å²) < 4.78 is 38.1. The van der Waals surface area contributed by atoms with Gasteiger partial charge in [0.05, 0.1) is 11.9 Å². The maximum atomic E-state index is 13.0. The van der Waals surface area contributed by atoms with Crippen LogP contribution in [-0.4, -0.2) is 44.6 Å². The summed E-state index contributed by atoms with van der Waals surface area (Å²) in [5.41, 5.74) is 0.270. The van der Waals surface area contributed by atoms with E-state index in [0.717, 1.165) is 10.6 Å². The molecule has 0 fully saturated rings. The molecule has 0 bridgehead atoms. The molecule has 0 aliphatic carbocycles. The maximum absolute atomic E-state index is 13.0. The van der Waals surface area contributed by atoms with Gasteiger partial charge >= 0.3 is 0 Å². The van der Waals surface area contributed by atoms with E-state index >= 15 is 0 Å². The fourth-order valence-electron chi connectivity index (χ4n) is 2.19. The highest BCUT2D eigenvalue weighted by molar-refractivity contribution is 7.92. The average molecular weight is 316 g/mol. The number of halogens is 1. The predicted octanol–water partition coefficient (Wildman–Crippen LogP) is 1.85. The number of carbonyl (C=O) groups excluding carboxylic acids is 1. The van der Waals surface area contributed by atoms with Gasteiger partial charge in [-0.15, -0.1) is 0 Å². The van der Waals surface area contributed by atoms with Crippen molar-refractivity contribution in [3.05, 3.63) is 30.1 Å². The van der Waals surface area contributed by atoms with Gasteiger partial charge in [-0.25, -0.2) is 12.8 Å². The van der Waals surface area contributed by atoms with Crippen molar-refractivity contribution in [2.45, 2.75) is 26.8 Å². The van der Waals surface area contributed by atoms with Gasteiger partial charge in [0.15, 0.2) is 0 Å². The Bertz CT molecular complexity index is 583. The summed E-state index contributed by atoms with van der Waals surface area (Å²) in [7, 11) is -3.66. The molecule has 0 saturated heterocycles. The van der Waals surface area contributed by atoms with Crippen LogP contribution >= 0.6 is 0 Å². The molecule has 0 saturated carbocycles. The Morgan fingerprint density at radius 1 is 1.19 bits per heavy atom. The lowest BCUT2D eigenvalue weighted by Crippen LogP contribution is -2.49. The highest BCUT2D eigenvalue weighted by atomic mass is 32.2. The van der Waals surface area contributed by atoms with Crippen molar-refractivity contribution in [2.24, 2.45) is 0 Å². The molecule has 118 valence electrons. The van der Waals surface area contributed by atoms with Crippen molar-refractivity contribution in [3.63, 3.8) is 0 Å². The third kappa shape index (κ3) is 4.17. The van der Waals surface area contributed by atoms with Gasteiger partial charge in [-0.05, 0) is 45.0 Å². The van der Waals surface area contributed by atoms with Crippen LogP contribution in [0, 0.1) is 5.82 Å². The van der Waals surface area contributed by atoms with Gasteiger partial charge in [0.2, 0.25) is 15.9 Å². The molecule has 1 atom stereocenters. The summed E-state index contributed by atoms with van der Waals surface area (Å²) >= 11 is 0. The van der Waals surface area contributed by atoms with Crippen LogP contribution in [0.15, 0.2) is 24.3 Å². The maximum Gasteiger partial charge on any atom is 0.246 e. The van der Waals surface area contributed by atoms with Crippen molar-refractivity contribution in [1.82, 2.24) is 4.90 Å². The molecule has 0 radical (unpaired) electrons. The third-order valence-corrected chi connectivity index (χ3v) is 4.46. The number of hydrogen-bond donors (Lipinski definition) is 0. The molecule has 0 heterocycles. The van der Waals surface area contributed by atoms with Crippen molar-refractivity contribution >= 4 is 21.6 Å². The summed E-state index contributed by atoms with van der Waals surface area (Å²) in [5, 5.41) is 0. The van der Waals surface area contributed by atoms with E-state index in [-0.39, 0.29) is 11.6 Å². The first kappa shape index (κ1) is 17.4. The monoisotopic (exact) mass is 316 g/mol. The average Bonchev–Trinajstić information content (AvgIpc) is 2.41. The highest BCUT2D eigenvalue weighted by Gasteiger charge is 2.31. The van der Waals surface area contributed by atoms with Gasteiger partial charge in [0.1, 0.15) is 11.9 Å². The van der Waals surface area contributed by atoms with Gasteiger partial charge in [0, 0.05) is 13.1 Å². The van der Waals surface area contributed by atoms with Crippen molar-refractivity contribution in [3.8, 4) is 0 Å². The molecule has 0 spiro atoms. The van der Waals surface area contributed by atoms with E-state index in [2.05, 4.69) is 0 Å². The minimum Gasteiger partial charge on any atom is -0.341 e. The molecule has 0 unspecified atom stereocenters. The molecule has 1 amide bonds. The van der Waals surface area contributed by atoms with E-state index in [1.807, 2.05) is 13.8 Å². The zero-order chi connectivity index (χ0) is 16.2. The van der Waals surface area contributed by atoms with Crippen molar-refractivity contribution < 1.29 is 17.6 Å². The van der Waals surface area contributed by atoms with E-state index < -0.39 is 21.9 Å². The van der Waals surface area contributed by atoms with Gasteiger partial charge < -0.3 is 4.90 Å². The van der Waals surface area contributed by atoms with Crippen LogP contribution < -0.4 is 4.31 Å².